The highest BCUT2D eigenvalue weighted by Gasteiger charge is 2.32. The van der Waals surface area contributed by atoms with Gasteiger partial charge in [0.15, 0.2) is 11.5 Å². The fraction of sp³-hybridized carbons (Fsp3) is 0.647. The highest BCUT2D eigenvalue weighted by Crippen LogP contribution is 2.32. The summed E-state index contributed by atoms with van der Waals surface area (Å²) in [7, 11) is 0. The van der Waals surface area contributed by atoms with Gasteiger partial charge in [0.25, 0.3) is 5.91 Å². The van der Waals surface area contributed by atoms with Crippen LogP contribution in [0.4, 0.5) is 22.1 Å². The van der Waals surface area contributed by atoms with Gasteiger partial charge in [-0.05, 0) is 121 Å². The van der Waals surface area contributed by atoms with E-state index < -0.39 is 11.5 Å². The molecule has 11 nitrogen and oxygen atoms in total. The lowest BCUT2D eigenvalue weighted by atomic mass is 9.83. The molecule has 4 heterocycles. The second kappa shape index (κ2) is 14.8. The van der Waals surface area contributed by atoms with Crippen LogP contribution in [-0.4, -0.2) is 89.7 Å². The average Bonchev–Trinajstić information content (AvgIpc) is 3.04. The van der Waals surface area contributed by atoms with E-state index in [4.69, 9.17) is 21.2 Å². The molecule has 1 atom stereocenters. The van der Waals surface area contributed by atoms with E-state index >= 15 is 0 Å². The third kappa shape index (κ3) is 8.85. The first kappa shape index (κ1) is 32.9. The molecule has 0 radical (unpaired) electrons. The molecule has 3 saturated heterocycles. The van der Waals surface area contributed by atoms with Crippen molar-refractivity contribution in [3.8, 4) is 0 Å². The molecule has 0 saturated carbocycles. The Morgan fingerprint density at radius 1 is 0.978 bits per heavy atom. The largest absolute Gasteiger partial charge is 0.444 e. The first-order chi connectivity index (χ1) is 21.6. The molecule has 2 aromatic rings. The molecule has 1 unspecified atom stereocenters. The van der Waals surface area contributed by atoms with Crippen molar-refractivity contribution in [3.05, 3.63) is 41.7 Å². The molecule has 2 amide bonds. The number of carbonyl (C=O) groups is 2. The quantitative estimate of drug-likeness (QED) is 0.363. The van der Waals surface area contributed by atoms with Gasteiger partial charge in [0, 0.05) is 38.4 Å². The zero-order chi connectivity index (χ0) is 32.0. The Labute approximate surface area is 268 Å². The number of hydrogen-bond acceptors (Lipinski definition) is 9. The SMILES string of the molecule is CC(C)(C)OC(=O)N1CCC(C(CN)CN2CCC(c3ccc(Nc4nc(N5CCCCC5)cnc4C(N)=O)cc3)CC2)CC1. The lowest BCUT2D eigenvalue weighted by molar-refractivity contribution is 0.0148. The molecule has 5 N–H and O–H groups in total. The molecule has 3 aliphatic rings. The zero-order valence-electron chi connectivity index (χ0n) is 27.3. The van der Waals surface area contributed by atoms with E-state index in [1.54, 1.807) is 6.20 Å². The lowest BCUT2D eigenvalue weighted by Crippen LogP contribution is -2.46. The molecule has 0 spiro atoms. The maximum absolute atomic E-state index is 12.5. The van der Waals surface area contributed by atoms with Crippen LogP contribution in [0.5, 0.6) is 0 Å². The Morgan fingerprint density at radius 3 is 2.24 bits per heavy atom. The Hall–Kier alpha value is -3.44. The molecule has 0 aliphatic carbocycles. The first-order valence-corrected chi connectivity index (χ1v) is 16.8. The normalized spacial score (nSPS) is 19.7. The van der Waals surface area contributed by atoms with E-state index in [0.29, 0.717) is 30.1 Å². The predicted molar refractivity (Wildman–Crippen MR) is 178 cm³/mol. The second-order valence-electron chi connectivity index (χ2n) is 14.0. The highest BCUT2D eigenvalue weighted by molar-refractivity contribution is 5.96. The van der Waals surface area contributed by atoms with Gasteiger partial charge < -0.3 is 36.2 Å². The van der Waals surface area contributed by atoms with E-state index in [0.717, 1.165) is 95.8 Å². The van der Waals surface area contributed by atoms with Gasteiger partial charge in [0.1, 0.15) is 11.4 Å². The van der Waals surface area contributed by atoms with Crippen LogP contribution in [-0.2, 0) is 4.74 Å². The first-order valence-electron chi connectivity index (χ1n) is 16.8. The molecule has 1 aromatic heterocycles. The number of nitrogens with one attached hydrogen (secondary N) is 1. The van der Waals surface area contributed by atoms with Gasteiger partial charge in [-0.15, -0.1) is 0 Å². The summed E-state index contributed by atoms with van der Waals surface area (Å²) in [5.41, 5.74) is 13.8. The summed E-state index contributed by atoms with van der Waals surface area (Å²) in [5, 5.41) is 3.30. The molecule has 0 bridgehead atoms. The number of rotatable bonds is 9. The zero-order valence-corrected chi connectivity index (χ0v) is 27.3. The van der Waals surface area contributed by atoms with E-state index in [1.165, 1.54) is 12.0 Å². The van der Waals surface area contributed by atoms with Crippen molar-refractivity contribution in [2.24, 2.45) is 23.3 Å². The van der Waals surface area contributed by atoms with Crippen molar-refractivity contribution in [2.75, 3.05) is 62.6 Å². The van der Waals surface area contributed by atoms with Gasteiger partial charge in [-0.1, -0.05) is 12.1 Å². The van der Waals surface area contributed by atoms with Crippen LogP contribution in [0, 0.1) is 11.8 Å². The Morgan fingerprint density at radius 2 is 1.64 bits per heavy atom. The summed E-state index contributed by atoms with van der Waals surface area (Å²) < 4.78 is 5.57. The Bertz CT molecular complexity index is 1280. The van der Waals surface area contributed by atoms with Gasteiger partial charge in [0.2, 0.25) is 0 Å². The molecule has 246 valence electrons. The van der Waals surface area contributed by atoms with Crippen molar-refractivity contribution in [1.82, 2.24) is 19.8 Å². The van der Waals surface area contributed by atoms with Crippen molar-refractivity contribution in [1.29, 1.82) is 0 Å². The van der Waals surface area contributed by atoms with E-state index in [-0.39, 0.29) is 11.8 Å². The molecule has 3 fully saturated rings. The van der Waals surface area contributed by atoms with Gasteiger partial charge in [-0.3, -0.25) is 4.79 Å². The molecule has 45 heavy (non-hydrogen) atoms. The molecule has 3 aliphatic heterocycles. The summed E-state index contributed by atoms with van der Waals surface area (Å²) in [6.45, 7) is 12.9. The minimum atomic E-state index is -0.596. The topological polar surface area (TPSA) is 143 Å². The number of primary amides is 1. The third-order valence-corrected chi connectivity index (χ3v) is 9.56. The number of amides is 2. The molecule has 1 aromatic carbocycles. The monoisotopic (exact) mass is 620 g/mol. The Kier molecular flexibility index (Phi) is 10.8. The van der Waals surface area contributed by atoms with E-state index in [9.17, 15) is 9.59 Å². The number of carbonyl (C=O) groups excluding carboxylic acids is 2. The van der Waals surface area contributed by atoms with Crippen LogP contribution in [0.25, 0.3) is 0 Å². The number of hydrogen-bond donors (Lipinski definition) is 3. The van der Waals surface area contributed by atoms with Crippen molar-refractivity contribution in [3.63, 3.8) is 0 Å². The standard InChI is InChI=1S/C34H52N8O3/c1-34(2,3)45-33(44)42-19-13-26(14-20-42)27(21-35)23-40-17-11-25(12-18-40)24-7-9-28(10-8-24)38-32-30(31(36)43)37-22-29(39-32)41-15-5-4-6-16-41/h7-10,22,25-27H,4-6,11-21,23,35H2,1-3H3,(H2,36,43)(H,38,39). The van der Waals surface area contributed by atoms with Gasteiger partial charge >= 0.3 is 6.09 Å². The highest BCUT2D eigenvalue weighted by atomic mass is 16.6. The van der Waals surface area contributed by atoms with Gasteiger partial charge in [0.05, 0.1) is 6.20 Å². The number of anilines is 3. The summed E-state index contributed by atoms with van der Waals surface area (Å²) in [6, 6.07) is 8.46. The number of ether oxygens (including phenoxy) is 1. The Balaban J connectivity index is 1.11. The van der Waals surface area contributed by atoms with E-state index in [2.05, 4.69) is 44.4 Å². The van der Waals surface area contributed by atoms with Crippen molar-refractivity contribution >= 4 is 29.3 Å². The maximum atomic E-state index is 12.5. The minimum Gasteiger partial charge on any atom is -0.444 e. The second-order valence-corrected chi connectivity index (χ2v) is 14.0. The summed E-state index contributed by atoms with van der Waals surface area (Å²) in [6.07, 6.45) is 9.11. The lowest BCUT2D eigenvalue weighted by Gasteiger charge is -2.39. The fourth-order valence-corrected chi connectivity index (χ4v) is 6.97. The van der Waals surface area contributed by atoms with Crippen molar-refractivity contribution in [2.45, 2.75) is 77.2 Å². The number of nitrogens with zero attached hydrogens (tertiary/aromatic N) is 5. The number of aromatic nitrogens is 2. The summed E-state index contributed by atoms with van der Waals surface area (Å²) in [4.78, 5) is 40.3. The molecular formula is C34H52N8O3. The fourth-order valence-electron chi connectivity index (χ4n) is 6.97. The number of benzene rings is 1. The number of nitrogens with two attached hydrogens (primary N) is 2. The molecular weight excluding hydrogens is 568 g/mol. The number of piperidine rings is 3. The van der Waals surface area contributed by atoms with Crippen LogP contribution in [0.15, 0.2) is 30.5 Å². The maximum Gasteiger partial charge on any atom is 0.410 e. The van der Waals surface area contributed by atoms with Crippen molar-refractivity contribution < 1.29 is 14.3 Å². The minimum absolute atomic E-state index is 0.150. The molecule has 5 rings (SSSR count). The van der Waals surface area contributed by atoms with Crippen LogP contribution in [0.1, 0.15) is 87.7 Å². The van der Waals surface area contributed by atoms with Gasteiger partial charge in [-0.2, -0.15) is 0 Å². The van der Waals surface area contributed by atoms with Crippen LogP contribution >= 0.6 is 0 Å². The average molecular weight is 621 g/mol. The summed E-state index contributed by atoms with van der Waals surface area (Å²) in [5.74, 6) is 2.06. The summed E-state index contributed by atoms with van der Waals surface area (Å²) >= 11 is 0. The smallest absolute Gasteiger partial charge is 0.410 e. The molecule has 11 heteroatoms. The van der Waals surface area contributed by atoms with Gasteiger partial charge in [-0.25, -0.2) is 14.8 Å². The van der Waals surface area contributed by atoms with Crippen LogP contribution in [0.2, 0.25) is 0 Å². The van der Waals surface area contributed by atoms with Crippen LogP contribution < -0.4 is 21.7 Å². The third-order valence-electron chi connectivity index (χ3n) is 9.56. The van der Waals surface area contributed by atoms with E-state index in [1.807, 2.05) is 25.7 Å². The predicted octanol–water partition coefficient (Wildman–Crippen LogP) is 4.71. The number of likely N-dealkylation sites (tertiary alicyclic amines) is 2. The van der Waals surface area contributed by atoms with Crippen LogP contribution in [0.3, 0.4) is 0 Å².